The van der Waals surface area contributed by atoms with Crippen LogP contribution in [-0.4, -0.2) is 16.5 Å². The van der Waals surface area contributed by atoms with E-state index in [1.165, 1.54) is 6.07 Å². The second kappa shape index (κ2) is 6.90. The number of nitrogens with zero attached hydrogens (tertiary/aromatic N) is 2. The molecule has 2 aromatic rings. The monoisotopic (exact) mass is 337 g/mol. The van der Waals surface area contributed by atoms with E-state index in [9.17, 15) is 4.39 Å². The van der Waals surface area contributed by atoms with Crippen molar-refractivity contribution in [3.05, 3.63) is 57.8 Å². The predicted octanol–water partition coefficient (Wildman–Crippen LogP) is 3.58. The van der Waals surface area contributed by atoms with Crippen LogP contribution in [0.3, 0.4) is 0 Å². The zero-order valence-corrected chi connectivity index (χ0v) is 13.1. The molecule has 3 nitrogen and oxygen atoms in total. The zero-order chi connectivity index (χ0) is 14.5. The van der Waals surface area contributed by atoms with Crippen LogP contribution in [0.2, 0.25) is 0 Å². The molecule has 1 heterocycles. The van der Waals surface area contributed by atoms with Gasteiger partial charge in [0.25, 0.3) is 0 Å². The molecule has 1 aromatic carbocycles. The van der Waals surface area contributed by atoms with Crippen molar-refractivity contribution in [3.63, 3.8) is 0 Å². The van der Waals surface area contributed by atoms with Gasteiger partial charge >= 0.3 is 0 Å². The summed E-state index contributed by atoms with van der Waals surface area (Å²) in [4.78, 5) is 8.71. The smallest absolute Gasteiger partial charge is 0.137 e. The minimum absolute atomic E-state index is 0.0745. The summed E-state index contributed by atoms with van der Waals surface area (Å²) >= 11 is 3.22. The van der Waals surface area contributed by atoms with Crippen LogP contribution in [0.25, 0.3) is 0 Å². The van der Waals surface area contributed by atoms with Crippen LogP contribution in [0.1, 0.15) is 29.9 Å². The Bertz CT molecular complexity index is 572. The lowest BCUT2D eigenvalue weighted by atomic mass is 10.0. The van der Waals surface area contributed by atoms with Crippen LogP contribution in [0.4, 0.5) is 4.39 Å². The molecular weight excluding hydrogens is 321 g/mol. The second-order valence-corrected chi connectivity index (χ2v) is 5.50. The van der Waals surface area contributed by atoms with E-state index < -0.39 is 0 Å². The Morgan fingerprint density at radius 2 is 2.10 bits per heavy atom. The molecule has 0 radical (unpaired) electrons. The van der Waals surface area contributed by atoms with Gasteiger partial charge in [0.1, 0.15) is 5.82 Å². The van der Waals surface area contributed by atoms with Gasteiger partial charge in [0.2, 0.25) is 0 Å². The largest absolute Gasteiger partial charge is 0.309 e. The molecule has 20 heavy (non-hydrogen) atoms. The van der Waals surface area contributed by atoms with Crippen molar-refractivity contribution in [3.8, 4) is 0 Å². The molecule has 0 aliphatic carbocycles. The lowest BCUT2D eigenvalue weighted by Gasteiger charge is -2.17. The minimum Gasteiger partial charge on any atom is -0.309 e. The lowest BCUT2D eigenvalue weighted by Crippen LogP contribution is -2.24. The van der Waals surface area contributed by atoms with Crippen molar-refractivity contribution in [2.45, 2.75) is 26.3 Å². The molecule has 1 atom stereocenters. The van der Waals surface area contributed by atoms with Crippen LogP contribution < -0.4 is 5.32 Å². The molecule has 0 fully saturated rings. The Balaban J connectivity index is 2.20. The second-order valence-electron chi connectivity index (χ2n) is 4.65. The third-order valence-corrected chi connectivity index (χ3v) is 3.64. The average Bonchev–Trinajstić information content (AvgIpc) is 2.43. The van der Waals surface area contributed by atoms with Crippen LogP contribution in [0.15, 0.2) is 35.1 Å². The summed E-state index contributed by atoms with van der Waals surface area (Å²) in [6.07, 6.45) is 4.30. The van der Waals surface area contributed by atoms with E-state index in [1.54, 1.807) is 24.5 Å². The summed E-state index contributed by atoms with van der Waals surface area (Å²) in [6, 6.07) is 5.15. The van der Waals surface area contributed by atoms with Crippen molar-refractivity contribution < 1.29 is 4.39 Å². The molecule has 0 bridgehead atoms. The van der Waals surface area contributed by atoms with Gasteiger partial charge in [-0.05, 0) is 53.5 Å². The molecule has 0 amide bonds. The summed E-state index contributed by atoms with van der Waals surface area (Å²) in [5, 5.41) is 3.39. The highest BCUT2D eigenvalue weighted by molar-refractivity contribution is 9.10. The first-order valence-electron chi connectivity index (χ1n) is 6.56. The fourth-order valence-electron chi connectivity index (χ4n) is 2.01. The van der Waals surface area contributed by atoms with Gasteiger partial charge in [-0.15, -0.1) is 0 Å². The Kier molecular flexibility index (Phi) is 5.20. The minimum atomic E-state index is -0.246. The first kappa shape index (κ1) is 15.1. The van der Waals surface area contributed by atoms with Crippen LogP contribution in [0.5, 0.6) is 0 Å². The molecule has 2 rings (SSSR count). The molecule has 1 aromatic heterocycles. The standard InChI is InChI=1S/C15H17BrFN3/c1-3-18-14(15-9-19-10(2)8-20-15)7-11-4-5-13(17)12(16)6-11/h4-6,8-9,14,18H,3,7H2,1-2H3. The number of halogens is 2. The van der Waals surface area contributed by atoms with Crippen LogP contribution in [0, 0.1) is 12.7 Å². The van der Waals surface area contributed by atoms with Crippen molar-refractivity contribution in [2.75, 3.05) is 6.54 Å². The molecule has 0 spiro atoms. The molecule has 0 aliphatic heterocycles. The molecule has 0 aliphatic rings. The van der Waals surface area contributed by atoms with Crippen LogP contribution in [-0.2, 0) is 6.42 Å². The Hall–Kier alpha value is -1.33. The highest BCUT2D eigenvalue weighted by Crippen LogP contribution is 2.21. The normalized spacial score (nSPS) is 12.4. The predicted molar refractivity (Wildman–Crippen MR) is 81.0 cm³/mol. The maximum atomic E-state index is 13.3. The third-order valence-electron chi connectivity index (χ3n) is 3.03. The van der Waals surface area contributed by atoms with E-state index in [4.69, 9.17) is 0 Å². The number of rotatable bonds is 5. The van der Waals surface area contributed by atoms with E-state index >= 15 is 0 Å². The molecule has 106 valence electrons. The third kappa shape index (κ3) is 3.84. The highest BCUT2D eigenvalue weighted by atomic mass is 79.9. The van der Waals surface area contributed by atoms with E-state index in [1.807, 2.05) is 6.92 Å². The molecular formula is C15H17BrFN3. The Labute approximate surface area is 126 Å². The van der Waals surface area contributed by atoms with Gasteiger partial charge in [0.15, 0.2) is 0 Å². The van der Waals surface area contributed by atoms with Gasteiger partial charge in [-0.2, -0.15) is 0 Å². The first-order chi connectivity index (χ1) is 9.60. The highest BCUT2D eigenvalue weighted by Gasteiger charge is 2.13. The van der Waals surface area contributed by atoms with E-state index in [0.29, 0.717) is 4.47 Å². The van der Waals surface area contributed by atoms with Crippen LogP contribution >= 0.6 is 15.9 Å². The number of aryl methyl sites for hydroxylation is 1. The molecule has 0 saturated carbocycles. The number of aromatic nitrogens is 2. The summed E-state index contributed by atoms with van der Waals surface area (Å²) in [7, 11) is 0. The number of hydrogen-bond donors (Lipinski definition) is 1. The number of nitrogens with one attached hydrogen (secondary N) is 1. The summed E-state index contributed by atoms with van der Waals surface area (Å²) in [5.41, 5.74) is 2.85. The lowest BCUT2D eigenvalue weighted by molar-refractivity contribution is 0.533. The maximum Gasteiger partial charge on any atom is 0.137 e. The Morgan fingerprint density at radius 1 is 1.30 bits per heavy atom. The van der Waals surface area contributed by atoms with Crippen molar-refractivity contribution >= 4 is 15.9 Å². The summed E-state index contributed by atoms with van der Waals surface area (Å²) < 4.78 is 13.8. The van der Waals surface area contributed by atoms with Gasteiger partial charge in [0.05, 0.1) is 28.1 Å². The fraction of sp³-hybridized carbons (Fsp3) is 0.333. The van der Waals surface area contributed by atoms with Gasteiger partial charge in [-0.1, -0.05) is 13.0 Å². The SMILES string of the molecule is CCNC(Cc1ccc(F)c(Br)c1)c1cnc(C)cn1. The number of hydrogen-bond acceptors (Lipinski definition) is 3. The quantitative estimate of drug-likeness (QED) is 0.906. The molecule has 0 saturated heterocycles. The van der Waals surface area contributed by atoms with Crippen molar-refractivity contribution in [2.24, 2.45) is 0 Å². The number of likely N-dealkylation sites (N-methyl/N-ethyl adjacent to an activating group) is 1. The zero-order valence-electron chi connectivity index (χ0n) is 11.5. The van der Waals surface area contributed by atoms with Gasteiger partial charge < -0.3 is 5.32 Å². The fourth-order valence-corrected chi connectivity index (χ4v) is 2.44. The van der Waals surface area contributed by atoms with Gasteiger partial charge in [-0.25, -0.2) is 4.39 Å². The molecule has 1 N–H and O–H groups in total. The van der Waals surface area contributed by atoms with E-state index in [2.05, 4.69) is 38.1 Å². The molecule has 5 heteroatoms. The first-order valence-corrected chi connectivity index (χ1v) is 7.35. The number of benzene rings is 1. The summed E-state index contributed by atoms with van der Waals surface area (Å²) in [5.74, 6) is -0.246. The topological polar surface area (TPSA) is 37.8 Å². The van der Waals surface area contributed by atoms with Gasteiger partial charge in [-0.3, -0.25) is 9.97 Å². The van der Waals surface area contributed by atoms with Crippen molar-refractivity contribution in [1.82, 2.24) is 15.3 Å². The Morgan fingerprint density at radius 3 is 2.70 bits per heavy atom. The van der Waals surface area contributed by atoms with E-state index in [0.717, 1.165) is 29.9 Å². The van der Waals surface area contributed by atoms with Gasteiger partial charge in [0, 0.05) is 6.20 Å². The maximum absolute atomic E-state index is 13.3. The van der Waals surface area contributed by atoms with E-state index in [-0.39, 0.29) is 11.9 Å². The summed E-state index contributed by atoms with van der Waals surface area (Å²) in [6.45, 7) is 4.80. The average molecular weight is 338 g/mol. The van der Waals surface area contributed by atoms with Crippen molar-refractivity contribution in [1.29, 1.82) is 0 Å². The molecule has 1 unspecified atom stereocenters.